The van der Waals surface area contributed by atoms with Crippen LogP contribution in [0.1, 0.15) is 27.0 Å². The molecule has 0 aliphatic rings. The van der Waals surface area contributed by atoms with Gasteiger partial charge in [0.2, 0.25) is 0 Å². The third-order valence-electron chi connectivity index (χ3n) is 5.88. The number of hydrogen-bond donors (Lipinski definition) is 2. The standard InChI is InChI=1S/C28H27N3O4S/c1-18-9-5-6-12-22(18)27-23(13-8-16-29-27)28(32)30-21-14-15-24(35-4)25(17-21)36(33,34)31-26-19(2)10-7-11-20(26)3/h5-17,31H,1-4H3,(H,30,32). The van der Waals surface area contributed by atoms with Crippen LogP contribution in [-0.4, -0.2) is 26.4 Å². The lowest BCUT2D eigenvalue weighted by atomic mass is 10.0. The molecule has 0 saturated carbocycles. The van der Waals surface area contributed by atoms with Crippen LogP contribution in [0.15, 0.2) is 83.9 Å². The van der Waals surface area contributed by atoms with Gasteiger partial charge < -0.3 is 10.1 Å². The number of pyridine rings is 1. The van der Waals surface area contributed by atoms with Gasteiger partial charge in [0.05, 0.1) is 24.1 Å². The molecule has 7 nitrogen and oxygen atoms in total. The smallest absolute Gasteiger partial charge is 0.265 e. The van der Waals surface area contributed by atoms with E-state index < -0.39 is 15.9 Å². The Labute approximate surface area is 211 Å². The summed E-state index contributed by atoms with van der Waals surface area (Å²) < 4.78 is 34.7. The van der Waals surface area contributed by atoms with E-state index in [9.17, 15) is 13.2 Å². The number of aromatic nitrogens is 1. The molecule has 0 radical (unpaired) electrons. The lowest BCUT2D eigenvalue weighted by Crippen LogP contribution is -2.17. The molecule has 3 aromatic carbocycles. The highest BCUT2D eigenvalue weighted by atomic mass is 32.2. The van der Waals surface area contributed by atoms with Gasteiger partial charge >= 0.3 is 0 Å². The number of hydrogen-bond acceptors (Lipinski definition) is 5. The molecule has 4 aromatic rings. The van der Waals surface area contributed by atoms with Gasteiger partial charge in [0.25, 0.3) is 15.9 Å². The summed E-state index contributed by atoms with van der Waals surface area (Å²) in [5.74, 6) is -0.244. The molecule has 0 fully saturated rings. The maximum atomic E-state index is 13.4. The van der Waals surface area contributed by atoms with E-state index in [4.69, 9.17) is 4.74 Å². The Kier molecular flexibility index (Phi) is 7.07. The first-order valence-electron chi connectivity index (χ1n) is 11.3. The summed E-state index contributed by atoms with van der Waals surface area (Å²) in [4.78, 5) is 17.6. The second-order valence-electron chi connectivity index (χ2n) is 8.41. The largest absolute Gasteiger partial charge is 0.495 e. The highest BCUT2D eigenvalue weighted by molar-refractivity contribution is 7.92. The van der Waals surface area contributed by atoms with Crippen molar-refractivity contribution < 1.29 is 17.9 Å². The quantitative estimate of drug-likeness (QED) is 0.337. The summed E-state index contributed by atoms with van der Waals surface area (Å²) in [5, 5.41) is 2.81. The van der Waals surface area contributed by atoms with Crippen molar-refractivity contribution in [2.24, 2.45) is 0 Å². The van der Waals surface area contributed by atoms with E-state index in [0.717, 1.165) is 22.3 Å². The number of benzene rings is 3. The molecule has 1 amide bonds. The minimum absolute atomic E-state index is 0.0873. The van der Waals surface area contributed by atoms with E-state index in [1.54, 1.807) is 24.4 Å². The van der Waals surface area contributed by atoms with Crippen molar-refractivity contribution in [1.82, 2.24) is 4.98 Å². The van der Waals surface area contributed by atoms with Gasteiger partial charge in [-0.25, -0.2) is 8.42 Å². The fourth-order valence-electron chi connectivity index (χ4n) is 3.97. The summed E-state index contributed by atoms with van der Waals surface area (Å²) in [6.45, 7) is 5.62. The fraction of sp³-hybridized carbons (Fsp3) is 0.143. The number of carbonyl (C=O) groups is 1. The van der Waals surface area contributed by atoms with Crippen molar-refractivity contribution in [1.29, 1.82) is 0 Å². The van der Waals surface area contributed by atoms with Gasteiger partial charge in [-0.1, -0.05) is 42.5 Å². The second kappa shape index (κ2) is 10.2. The van der Waals surface area contributed by atoms with Crippen molar-refractivity contribution in [3.05, 3.63) is 101 Å². The van der Waals surface area contributed by atoms with Crippen molar-refractivity contribution in [2.75, 3.05) is 17.1 Å². The number of nitrogens with zero attached hydrogens (tertiary/aromatic N) is 1. The maximum Gasteiger partial charge on any atom is 0.265 e. The Morgan fingerprint density at radius 3 is 2.25 bits per heavy atom. The van der Waals surface area contributed by atoms with Crippen LogP contribution < -0.4 is 14.8 Å². The van der Waals surface area contributed by atoms with Crippen LogP contribution in [-0.2, 0) is 10.0 Å². The van der Waals surface area contributed by atoms with Crippen LogP contribution in [0.3, 0.4) is 0 Å². The molecule has 0 atom stereocenters. The Balaban J connectivity index is 1.68. The molecule has 8 heteroatoms. The third kappa shape index (κ3) is 5.08. The summed E-state index contributed by atoms with van der Waals surface area (Å²) in [7, 11) is -2.62. The molecule has 0 saturated heterocycles. The van der Waals surface area contributed by atoms with E-state index in [2.05, 4.69) is 15.0 Å². The van der Waals surface area contributed by atoms with E-state index in [1.807, 2.05) is 63.2 Å². The van der Waals surface area contributed by atoms with Crippen LogP contribution in [0.25, 0.3) is 11.3 Å². The van der Waals surface area contributed by atoms with Crippen LogP contribution >= 0.6 is 0 Å². The first-order chi connectivity index (χ1) is 17.2. The molecular formula is C28H27N3O4S. The average molecular weight is 502 g/mol. The van der Waals surface area contributed by atoms with Crippen molar-refractivity contribution in [3.63, 3.8) is 0 Å². The molecule has 0 aliphatic carbocycles. The minimum Gasteiger partial charge on any atom is -0.495 e. The molecule has 0 bridgehead atoms. The summed E-state index contributed by atoms with van der Waals surface area (Å²) >= 11 is 0. The number of anilines is 2. The molecule has 0 aliphatic heterocycles. The van der Waals surface area contributed by atoms with Crippen LogP contribution in [0, 0.1) is 20.8 Å². The zero-order valence-electron chi connectivity index (χ0n) is 20.5. The van der Waals surface area contributed by atoms with Gasteiger partial charge in [-0.05, 0) is 67.8 Å². The number of amides is 1. The lowest BCUT2D eigenvalue weighted by Gasteiger charge is -2.16. The van der Waals surface area contributed by atoms with Crippen LogP contribution in [0.4, 0.5) is 11.4 Å². The van der Waals surface area contributed by atoms with Gasteiger partial charge in [-0.3, -0.25) is 14.5 Å². The molecule has 184 valence electrons. The number of methoxy groups -OCH3 is 1. The molecule has 4 rings (SSSR count). The SMILES string of the molecule is COc1ccc(NC(=O)c2cccnc2-c2ccccc2C)cc1S(=O)(=O)Nc1c(C)cccc1C. The second-order valence-corrected chi connectivity index (χ2v) is 10.1. The van der Waals surface area contributed by atoms with E-state index in [-0.39, 0.29) is 10.6 Å². The van der Waals surface area contributed by atoms with E-state index >= 15 is 0 Å². The number of ether oxygens (including phenoxy) is 1. The monoisotopic (exact) mass is 501 g/mol. The highest BCUT2D eigenvalue weighted by Crippen LogP contribution is 2.31. The third-order valence-corrected chi connectivity index (χ3v) is 7.25. The predicted molar refractivity (Wildman–Crippen MR) is 142 cm³/mol. The lowest BCUT2D eigenvalue weighted by molar-refractivity contribution is 0.102. The Hall–Kier alpha value is -4.17. The van der Waals surface area contributed by atoms with E-state index in [1.165, 1.54) is 19.2 Å². The molecule has 1 aromatic heterocycles. The first-order valence-corrected chi connectivity index (χ1v) is 12.8. The number of para-hydroxylation sites is 1. The van der Waals surface area contributed by atoms with E-state index in [0.29, 0.717) is 22.6 Å². The van der Waals surface area contributed by atoms with Crippen molar-refractivity contribution in [3.8, 4) is 17.0 Å². The zero-order valence-corrected chi connectivity index (χ0v) is 21.3. The van der Waals surface area contributed by atoms with Gasteiger partial charge in [0.1, 0.15) is 10.6 Å². The number of aryl methyl sites for hydroxylation is 3. The first kappa shape index (κ1) is 24.9. The Morgan fingerprint density at radius 2 is 1.56 bits per heavy atom. The van der Waals surface area contributed by atoms with Crippen LogP contribution in [0.5, 0.6) is 5.75 Å². The fourth-order valence-corrected chi connectivity index (χ4v) is 5.37. The van der Waals surface area contributed by atoms with Gasteiger partial charge in [0, 0.05) is 17.4 Å². The number of sulfonamides is 1. The topological polar surface area (TPSA) is 97.4 Å². The molecule has 1 heterocycles. The highest BCUT2D eigenvalue weighted by Gasteiger charge is 2.23. The summed E-state index contributed by atoms with van der Waals surface area (Å²) in [6.07, 6.45) is 1.63. The minimum atomic E-state index is -4.02. The van der Waals surface area contributed by atoms with Crippen molar-refractivity contribution in [2.45, 2.75) is 25.7 Å². The number of carbonyl (C=O) groups excluding carboxylic acids is 1. The average Bonchev–Trinajstić information content (AvgIpc) is 2.86. The molecular weight excluding hydrogens is 474 g/mol. The maximum absolute atomic E-state index is 13.4. The summed E-state index contributed by atoms with van der Waals surface area (Å²) in [6, 6.07) is 21.1. The number of rotatable bonds is 7. The molecule has 36 heavy (non-hydrogen) atoms. The zero-order chi connectivity index (χ0) is 25.9. The molecule has 0 spiro atoms. The summed E-state index contributed by atoms with van der Waals surface area (Å²) in [5.41, 5.74) is 5.16. The van der Waals surface area contributed by atoms with Crippen LogP contribution in [0.2, 0.25) is 0 Å². The molecule has 2 N–H and O–H groups in total. The van der Waals surface area contributed by atoms with Gasteiger partial charge in [0.15, 0.2) is 0 Å². The number of nitrogens with one attached hydrogen (secondary N) is 2. The van der Waals surface area contributed by atoms with Gasteiger partial charge in [-0.15, -0.1) is 0 Å². The Morgan fingerprint density at radius 1 is 0.861 bits per heavy atom. The normalized spacial score (nSPS) is 11.1. The van der Waals surface area contributed by atoms with Gasteiger partial charge in [-0.2, -0.15) is 0 Å². The Bertz CT molecular complexity index is 1530. The van der Waals surface area contributed by atoms with Crippen molar-refractivity contribution >= 4 is 27.3 Å². The predicted octanol–water partition coefficient (Wildman–Crippen LogP) is 5.74. The molecule has 0 unspecified atom stereocenters.